The van der Waals surface area contributed by atoms with Gasteiger partial charge in [-0.1, -0.05) is 0 Å². The summed E-state index contributed by atoms with van der Waals surface area (Å²) in [6, 6.07) is 5.23. The summed E-state index contributed by atoms with van der Waals surface area (Å²) < 4.78 is 10.7. The smallest absolute Gasteiger partial charge is 0.257 e. The number of nitrogens with zero attached hydrogens (tertiary/aromatic N) is 1. The van der Waals surface area contributed by atoms with Crippen molar-refractivity contribution in [2.45, 2.75) is 6.42 Å². The molecular weight excluding hydrogens is 232 g/mol. The van der Waals surface area contributed by atoms with Crippen molar-refractivity contribution < 1.29 is 14.3 Å². The molecule has 1 aliphatic heterocycles. The first-order valence-electron chi connectivity index (χ1n) is 6.06. The molecule has 0 atom stereocenters. The molecule has 0 aromatic heterocycles. The van der Waals surface area contributed by atoms with Crippen molar-refractivity contribution in [2.24, 2.45) is 5.73 Å². The van der Waals surface area contributed by atoms with Crippen molar-refractivity contribution in [3.63, 3.8) is 0 Å². The number of carbonyl (C=O) groups is 1. The van der Waals surface area contributed by atoms with Gasteiger partial charge in [-0.2, -0.15) is 0 Å². The lowest BCUT2D eigenvalue weighted by Crippen LogP contribution is -2.42. The van der Waals surface area contributed by atoms with Crippen molar-refractivity contribution in [1.29, 1.82) is 0 Å². The van der Waals surface area contributed by atoms with Crippen LogP contribution in [-0.2, 0) is 0 Å². The summed E-state index contributed by atoms with van der Waals surface area (Å²) in [7, 11) is 1.58. The minimum atomic E-state index is 0.0101. The standard InChI is InChI=1S/C13H18N2O3/c1-17-10-3-4-11(12(9-10)18-8-5-14)13(16)15-6-2-7-15/h3-4,9H,2,5-8,14H2,1H3. The van der Waals surface area contributed by atoms with Gasteiger partial charge in [0.05, 0.1) is 12.7 Å². The SMILES string of the molecule is COc1ccc(C(=O)N2CCC2)c(OCCN)c1. The number of carbonyl (C=O) groups excluding carboxylic acids is 1. The fraction of sp³-hybridized carbons (Fsp3) is 0.462. The lowest BCUT2D eigenvalue weighted by molar-refractivity contribution is 0.0647. The van der Waals surface area contributed by atoms with E-state index < -0.39 is 0 Å². The molecule has 2 rings (SSSR count). The second kappa shape index (κ2) is 5.73. The van der Waals surface area contributed by atoms with Crippen LogP contribution in [0.2, 0.25) is 0 Å². The van der Waals surface area contributed by atoms with Crippen molar-refractivity contribution in [2.75, 3.05) is 33.4 Å². The Bertz CT molecular complexity index is 430. The lowest BCUT2D eigenvalue weighted by atomic mass is 10.1. The Kier molecular flexibility index (Phi) is 4.04. The molecule has 18 heavy (non-hydrogen) atoms. The predicted molar refractivity (Wildman–Crippen MR) is 68.1 cm³/mol. The van der Waals surface area contributed by atoms with E-state index in [1.807, 2.05) is 0 Å². The van der Waals surface area contributed by atoms with E-state index in [-0.39, 0.29) is 5.91 Å². The molecule has 1 amide bonds. The molecule has 1 fully saturated rings. The zero-order valence-electron chi connectivity index (χ0n) is 10.5. The average Bonchev–Trinajstić information content (AvgIpc) is 2.33. The normalized spacial score (nSPS) is 14.0. The Morgan fingerprint density at radius 3 is 2.78 bits per heavy atom. The van der Waals surface area contributed by atoms with Gasteiger partial charge in [-0.15, -0.1) is 0 Å². The summed E-state index contributed by atoms with van der Waals surface area (Å²) >= 11 is 0. The third-order valence-electron chi connectivity index (χ3n) is 2.94. The van der Waals surface area contributed by atoms with E-state index in [1.165, 1.54) is 0 Å². The molecule has 2 N–H and O–H groups in total. The highest BCUT2D eigenvalue weighted by Crippen LogP contribution is 2.27. The molecule has 1 aromatic carbocycles. The number of ether oxygens (including phenoxy) is 2. The number of rotatable bonds is 5. The molecule has 5 nitrogen and oxygen atoms in total. The van der Waals surface area contributed by atoms with Crippen LogP contribution < -0.4 is 15.2 Å². The lowest BCUT2D eigenvalue weighted by Gasteiger charge is -2.31. The van der Waals surface area contributed by atoms with Crippen molar-refractivity contribution in [1.82, 2.24) is 4.90 Å². The predicted octanol–water partition coefficient (Wildman–Crippen LogP) is 0.879. The van der Waals surface area contributed by atoms with E-state index in [1.54, 1.807) is 30.2 Å². The van der Waals surface area contributed by atoms with Gasteiger partial charge in [0.2, 0.25) is 0 Å². The van der Waals surface area contributed by atoms with Gasteiger partial charge < -0.3 is 20.1 Å². The third-order valence-corrected chi connectivity index (χ3v) is 2.94. The van der Waals surface area contributed by atoms with Gasteiger partial charge in [0.25, 0.3) is 5.91 Å². The van der Waals surface area contributed by atoms with E-state index >= 15 is 0 Å². The van der Waals surface area contributed by atoms with Crippen molar-refractivity contribution in [3.8, 4) is 11.5 Å². The first-order chi connectivity index (χ1) is 8.76. The number of methoxy groups -OCH3 is 1. The second-order valence-electron chi connectivity index (χ2n) is 4.14. The molecule has 5 heteroatoms. The number of likely N-dealkylation sites (tertiary alicyclic amines) is 1. The molecule has 1 aromatic rings. The second-order valence-corrected chi connectivity index (χ2v) is 4.14. The van der Waals surface area contributed by atoms with Gasteiger partial charge in [0.15, 0.2) is 0 Å². The van der Waals surface area contributed by atoms with Crippen LogP contribution in [0.4, 0.5) is 0 Å². The fourth-order valence-electron chi connectivity index (χ4n) is 1.78. The van der Waals surface area contributed by atoms with Crippen LogP contribution in [-0.4, -0.2) is 44.2 Å². The molecule has 0 spiro atoms. The topological polar surface area (TPSA) is 64.8 Å². The summed E-state index contributed by atoms with van der Waals surface area (Å²) in [5, 5.41) is 0. The van der Waals surface area contributed by atoms with Crippen molar-refractivity contribution >= 4 is 5.91 Å². The summed E-state index contributed by atoms with van der Waals surface area (Å²) in [4.78, 5) is 14.0. The maximum Gasteiger partial charge on any atom is 0.257 e. The Hall–Kier alpha value is -1.75. The van der Waals surface area contributed by atoms with Crippen LogP contribution in [0.15, 0.2) is 18.2 Å². The number of nitrogens with two attached hydrogens (primary N) is 1. The van der Waals surface area contributed by atoms with Gasteiger partial charge in [0.1, 0.15) is 18.1 Å². The van der Waals surface area contributed by atoms with E-state index in [2.05, 4.69) is 0 Å². The number of benzene rings is 1. The highest BCUT2D eigenvalue weighted by Gasteiger charge is 2.24. The third kappa shape index (κ3) is 2.56. The zero-order valence-corrected chi connectivity index (χ0v) is 10.5. The van der Waals surface area contributed by atoms with Crippen LogP contribution in [0.5, 0.6) is 11.5 Å². The maximum absolute atomic E-state index is 12.2. The van der Waals surface area contributed by atoms with E-state index in [0.717, 1.165) is 19.5 Å². The first-order valence-corrected chi connectivity index (χ1v) is 6.06. The fourth-order valence-corrected chi connectivity index (χ4v) is 1.78. The summed E-state index contributed by atoms with van der Waals surface area (Å²) in [5.74, 6) is 1.22. The Labute approximate surface area is 106 Å². The van der Waals surface area contributed by atoms with Gasteiger partial charge in [-0.25, -0.2) is 0 Å². The van der Waals surface area contributed by atoms with Crippen LogP contribution in [0, 0.1) is 0 Å². The molecule has 0 saturated carbocycles. The molecule has 98 valence electrons. The molecule has 1 aliphatic rings. The van der Waals surface area contributed by atoms with E-state index in [9.17, 15) is 4.79 Å². The molecular formula is C13H18N2O3. The average molecular weight is 250 g/mol. The maximum atomic E-state index is 12.2. The monoisotopic (exact) mass is 250 g/mol. The van der Waals surface area contributed by atoms with Crippen LogP contribution in [0.3, 0.4) is 0 Å². The van der Waals surface area contributed by atoms with Gasteiger partial charge in [-0.3, -0.25) is 4.79 Å². The minimum absolute atomic E-state index is 0.0101. The largest absolute Gasteiger partial charge is 0.497 e. The van der Waals surface area contributed by atoms with Gasteiger partial charge in [-0.05, 0) is 18.6 Å². The highest BCUT2D eigenvalue weighted by molar-refractivity contribution is 5.97. The van der Waals surface area contributed by atoms with Crippen LogP contribution in [0.1, 0.15) is 16.8 Å². The van der Waals surface area contributed by atoms with E-state index in [0.29, 0.717) is 30.2 Å². The van der Waals surface area contributed by atoms with Crippen molar-refractivity contribution in [3.05, 3.63) is 23.8 Å². The summed E-state index contributed by atoms with van der Waals surface area (Å²) in [6.45, 7) is 2.43. The highest BCUT2D eigenvalue weighted by atomic mass is 16.5. The first kappa shape index (κ1) is 12.7. The van der Waals surface area contributed by atoms with E-state index in [4.69, 9.17) is 15.2 Å². The van der Waals surface area contributed by atoms with Gasteiger partial charge in [0, 0.05) is 25.7 Å². The summed E-state index contributed by atoms with van der Waals surface area (Å²) in [5.41, 5.74) is 5.99. The molecule has 0 aliphatic carbocycles. The Morgan fingerprint density at radius 2 is 2.22 bits per heavy atom. The van der Waals surface area contributed by atoms with Crippen LogP contribution >= 0.6 is 0 Å². The minimum Gasteiger partial charge on any atom is -0.497 e. The molecule has 1 heterocycles. The van der Waals surface area contributed by atoms with Gasteiger partial charge >= 0.3 is 0 Å². The molecule has 1 saturated heterocycles. The number of hydrogen-bond acceptors (Lipinski definition) is 4. The molecule has 0 unspecified atom stereocenters. The quantitative estimate of drug-likeness (QED) is 0.842. The summed E-state index contributed by atoms with van der Waals surface area (Å²) in [6.07, 6.45) is 1.07. The Morgan fingerprint density at radius 1 is 1.44 bits per heavy atom. The number of amides is 1. The van der Waals surface area contributed by atoms with Crippen LogP contribution in [0.25, 0.3) is 0 Å². The number of hydrogen-bond donors (Lipinski definition) is 1. The molecule has 0 radical (unpaired) electrons. The molecule has 0 bridgehead atoms. The Balaban J connectivity index is 2.23. The zero-order chi connectivity index (χ0) is 13.0.